The maximum atomic E-state index is 3.99. The molecule has 4 nitrogen and oxygen atoms in total. The normalized spacial score (nSPS) is 22.3. The number of aromatic nitrogens is 2. The fraction of sp³-hybridized carbons (Fsp3) is 0.727. The molecule has 0 aliphatic carbocycles. The van der Waals surface area contributed by atoms with Crippen LogP contribution in [0.3, 0.4) is 0 Å². The first-order valence-electron chi connectivity index (χ1n) is 5.78. The second-order valence-electron chi connectivity index (χ2n) is 4.26. The Balaban J connectivity index is 1.63. The fourth-order valence-corrected chi connectivity index (χ4v) is 2.16. The highest BCUT2D eigenvalue weighted by atomic mass is 15.1. The summed E-state index contributed by atoms with van der Waals surface area (Å²) in [5.41, 5.74) is 1.17. The lowest BCUT2D eigenvalue weighted by atomic mass is 10.1. The first-order chi connectivity index (χ1) is 7.38. The third-order valence-electron chi connectivity index (χ3n) is 3.12. The monoisotopic (exact) mass is 208 g/mol. The molecule has 2 heterocycles. The second kappa shape index (κ2) is 5.28. The zero-order valence-corrected chi connectivity index (χ0v) is 9.37. The van der Waals surface area contributed by atoms with Crippen LogP contribution in [0.5, 0.6) is 0 Å². The van der Waals surface area contributed by atoms with Gasteiger partial charge in [0.25, 0.3) is 0 Å². The lowest BCUT2D eigenvalue weighted by Crippen LogP contribution is -2.26. The van der Waals surface area contributed by atoms with E-state index >= 15 is 0 Å². The Morgan fingerprint density at radius 1 is 1.67 bits per heavy atom. The van der Waals surface area contributed by atoms with Crippen molar-refractivity contribution >= 4 is 0 Å². The Labute approximate surface area is 91.1 Å². The minimum Gasteiger partial charge on any atom is -0.347 e. The first-order valence-corrected chi connectivity index (χ1v) is 5.78. The van der Waals surface area contributed by atoms with E-state index in [4.69, 9.17) is 0 Å². The number of aromatic amines is 1. The molecule has 1 saturated heterocycles. The average Bonchev–Trinajstić information content (AvgIpc) is 2.88. The minimum absolute atomic E-state index is 0.827. The highest BCUT2D eigenvalue weighted by molar-refractivity contribution is 4.93. The molecule has 2 N–H and O–H groups in total. The zero-order chi connectivity index (χ0) is 10.5. The van der Waals surface area contributed by atoms with Gasteiger partial charge in [-0.05, 0) is 32.0 Å². The van der Waals surface area contributed by atoms with Gasteiger partial charge in [-0.1, -0.05) is 6.92 Å². The molecule has 84 valence electrons. The van der Waals surface area contributed by atoms with E-state index < -0.39 is 0 Å². The Kier molecular flexibility index (Phi) is 3.75. The number of imidazole rings is 1. The molecular formula is C11H20N4. The van der Waals surface area contributed by atoms with Crippen molar-refractivity contribution in [3.63, 3.8) is 0 Å². The predicted octanol–water partition coefficient (Wildman–Crippen LogP) is 0.841. The first kappa shape index (κ1) is 10.6. The molecule has 1 atom stereocenters. The zero-order valence-electron chi connectivity index (χ0n) is 9.37. The molecule has 1 unspecified atom stereocenters. The lowest BCUT2D eigenvalue weighted by molar-refractivity contribution is 0.338. The molecular weight excluding hydrogens is 188 g/mol. The molecule has 1 aliphatic heterocycles. The molecule has 1 aromatic heterocycles. The van der Waals surface area contributed by atoms with E-state index in [1.165, 1.54) is 31.7 Å². The molecule has 1 aromatic rings. The molecule has 0 radical (unpaired) electrons. The molecule has 0 bridgehead atoms. The number of nitrogens with zero attached hydrogens (tertiary/aromatic N) is 2. The summed E-state index contributed by atoms with van der Waals surface area (Å²) in [6.45, 7) is 7.98. The Morgan fingerprint density at radius 2 is 2.60 bits per heavy atom. The average molecular weight is 208 g/mol. The van der Waals surface area contributed by atoms with Crippen LogP contribution in [0, 0.1) is 5.92 Å². The minimum atomic E-state index is 0.827. The summed E-state index contributed by atoms with van der Waals surface area (Å²) in [6, 6.07) is 0. The van der Waals surface area contributed by atoms with Crippen molar-refractivity contribution in [2.75, 3.05) is 26.2 Å². The largest absolute Gasteiger partial charge is 0.347 e. The van der Waals surface area contributed by atoms with Gasteiger partial charge in [0.1, 0.15) is 0 Å². The van der Waals surface area contributed by atoms with Crippen LogP contribution < -0.4 is 5.32 Å². The van der Waals surface area contributed by atoms with Crippen molar-refractivity contribution in [1.82, 2.24) is 20.2 Å². The number of hydrogen-bond acceptors (Lipinski definition) is 3. The van der Waals surface area contributed by atoms with Crippen LogP contribution in [0.4, 0.5) is 0 Å². The third-order valence-corrected chi connectivity index (χ3v) is 3.12. The van der Waals surface area contributed by atoms with Crippen molar-refractivity contribution in [3.05, 3.63) is 18.2 Å². The van der Waals surface area contributed by atoms with Gasteiger partial charge in [-0.2, -0.15) is 0 Å². The Morgan fingerprint density at radius 3 is 3.27 bits per heavy atom. The van der Waals surface area contributed by atoms with Crippen LogP contribution in [0.1, 0.15) is 19.0 Å². The maximum Gasteiger partial charge on any atom is 0.0922 e. The van der Waals surface area contributed by atoms with Crippen LogP contribution in [-0.4, -0.2) is 41.0 Å². The van der Waals surface area contributed by atoms with E-state index in [0.29, 0.717) is 0 Å². The highest BCUT2D eigenvalue weighted by Gasteiger charge is 2.20. The van der Waals surface area contributed by atoms with Crippen molar-refractivity contribution in [1.29, 1.82) is 0 Å². The van der Waals surface area contributed by atoms with E-state index in [2.05, 4.69) is 27.1 Å². The van der Waals surface area contributed by atoms with Crippen molar-refractivity contribution in [2.45, 2.75) is 19.9 Å². The molecule has 15 heavy (non-hydrogen) atoms. The molecule has 0 amide bonds. The SMILES string of the molecule is CCN1CCC(CNCc2cnc[nH]2)C1. The quantitative estimate of drug-likeness (QED) is 0.753. The number of rotatable bonds is 5. The van der Waals surface area contributed by atoms with Crippen molar-refractivity contribution in [2.24, 2.45) is 5.92 Å². The highest BCUT2D eigenvalue weighted by Crippen LogP contribution is 2.14. The lowest BCUT2D eigenvalue weighted by Gasteiger charge is -2.13. The van der Waals surface area contributed by atoms with Gasteiger partial charge in [-0.15, -0.1) is 0 Å². The standard InChI is InChI=1S/C11H20N4/c1-2-15-4-3-10(8-15)5-12-6-11-7-13-9-14-11/h7,9-10,12H,2-6,8H2,1H3,(H,13,14). The van der Waals surface area contributed by atoms with Crippen LogP contribution in [0.25, 0.3) is 0 Å². The summed E-state index contributed by atoms with van der Waals surface area (Å²) in [7, 11) is 0. The van der Waals surface area contributed by atoms with Gasteiger partial charge in [-0.3, -0.25) is 0 Å². The summed E-state index contributed by atoms with van der Waals surface area (Å²) in [4.78, 5) is 9.61. The summed E-state index contributed by atoms with van der Waals surface area (Å²) >= 11 is 0. The molecule has 4 heteroatoms. The van der Waals surface area contributed by atoms with E-state index in [-0.39, 0.29) is 0 Å². The summed E-state index contributed by atoms with van der Waals surface area (Å²) in [5, 5.41) is 3.48. The van der Waals surface area contributed by atoms with Gasteiger partial charge >= 0.3 is 0 Å². The molecule has 1 aliphatic rings. The smallest absolute Gasteiger partial charge is 0.0922 e. The number of H-pyrrole nitrogens is 1. The van der Waals surface area contributed by atoms with Crippen LogP contribution in [0.2, 0.25) is 0 Å². The van der Waals surface area contributed by atoms with E-state index in [1.807, 2.05) is 6.20 Å². The molecule has 0 saturated carbocycles. The summed E-state index contributed by atoms with van der Waals surface area (Å²) in [5.74, 6) is 0.827. The second-order valence-corrected chi connectivity index (χ2v) is 4.26. The van der Waals surface area contributed by atoms with Crippen LogP contribution >= 0.6 is 0 Å². The molecule has 0 aromatic carbocycles. The van der Waals surface area contributed by atoms with Gasteiger partial charge in [-0.25, -0.2) is 4.98 Å². The number of likely N-dealkylation sites (tertiary alicyclic amines) is 1. The van der Waals surface area contributed by atoms with Gasteiger partial charge in [0.15, 0.2) is 0 Å². The molecule has 0 spiro atoms. The van der Waals surface area contributed by atoms with Gasteiger partial charge in [0.05, 0.1) is 6.33 Å². The fourth-order valence-electron chi connectivity index (χ4n) is 2.16. The Hall–Kier alpha value is -0.870. The molecule has 2 rings (SSSR count). The Bertz CT molecular complexity index is 270. The summed E-state index contributed by atoms with van der Waals surface area (Å²) in [6.07, 6.45) is 4.94. The third kappa shape index (κ3) is 3.04. The topological polar surface area (TPSA) is 44.0 Å². The van der Waals surface area contributed by atoms with E-state index in [1.54, 1.807) is 6.33 Å². The maximum absolute atomic E-state index is 3.99. The van der Waals surface area contributed by atoms with Gasteiger partial charge in [0, 0.05) is 25.0 Å². The van der Waals surface area contributed by atoms with E-state index in [0.717, 1.165) is 19.0 Å². The van der Waals surface area contributed by atoms with Gasteiger partial charge < -0.3 is 15.2 Å². The summed E-state index contributed by atoms with van der Waals surface area (Å²) < 4.78 is 0. The number of hydrogen-bond donors (Lipinski definition) is 2. The van der Waals surface area contributed by atoms with Crippen molar-refractivity contribution in [3.8, 4) is 0 Å². The van der Waals surface area contributed by atoms with Crippen LogP contribution in [0.15, 0.2) is 12.5 Å². The van der Waals surface area contributed by atoms with Gasteiger partial charge in [0.2, 0.25) is 0 Å². The van der Waals surface area contributed by atoms with Crippen molar-refractivity contribution < 1.29 is 0 Å². The molecule has 1 fully saturated rings. The number of nitrogens with one attached hydrogen (secondary N) is 2. The van der Waals surface area contributed by atoms with Crippen LogP contribution in [-0.2, 0) is 6.54 Å². The predicted molar refractivity (Wildman–Crippen MR) is 60.5 cm³/mol. The van der Waals surface area contributed by atoms with E-state index in [9.17, 15) is 0 Å².